The minimum absolute atomic E-state index is 0.116. The Balaban J connectivity index is 2.38. The highest BCUT2D eigenvalue weighted by molar-refractivity contribution is 6.32. The third-order valence-corrected chi connectivity index (χ3v) is 3.52. The zero-order valence-electron chi connectivity index (χ0n) is 9.44. The lowest BCUT2D eigenvalue weighted by molar-refractivity contribution is -0.142. The summed E-state index contributed by atoms with van der Waals surface area (Å²) < 4.78 is 0. The molecule has 0 aromatic heterocycles. The molecule has 0 aliphatic heterocycles. The zero-order valence-corrected chi connectivity index (χ0v) is 9.44. The highest BCUT2D eigenvalue weighted by atomic mass is 16.4. The van der Waals surface area contributed by atoms with Crippen molar-refractivity contribution in [3.63, 3.8) is 0 Å². The topological polar surface area (TPSA) is 37.3 Å². The first-order valence-electron chi connectivity index (χ1n) is 5.70. The van der Waals surface area contributed by atoms with Crippen molar-refractivity contribution in [1.82, 2.24) is 0 Å². The Kier molecular flexibility index (Phi) is 3.04. The monoisotopic (exact) mass is 214 g/mol. The summed E-state index contributed by atoms with van der Waals surface area (Å²) in [4.78, 5) is 11.1. The van der Waals surface area contributed by atoms with Crippen LogP contribution in [0.5, 0.6) is 0 Å². The van der Waals surface area contributed by atoms with E-state index in [1.165, 1.54) is 5.56 Å². The van der Waals surface area contributed by atoms with Crippen molar-refractivity contribution in [2.75, 3.05) is 0 Å². The first kappa shape index (κ1) is 11.2. The van der Waals surface area contributed by atoms with Gasteiger partial charge in [0.2, 0.25) is 0 Å². The smallest absolute Gasteiger partial charge is 0.306 e. The summed E-state index contributed by atoms with van der Waals surface area (Å²) in [6, 6.07) is 5.87. The summed E-state index contributed by atoms with van der Waals surface area (Å²) in [5, 5.41) is 9.10. The molecule has 82 valence electrons. The highest BCUT2D eigenvalue weighted by Crippen LogP contribution is 2.36. The fraction of sp³-hybridized carbons (Fsp3) is 0.462. The molecule has 16 heavy (non-hydrogen) atoms. The molecule has 0 saturated heterocycles. The van der Waals surface area contributed by atoms with Crippen LogP contribution in [0.2, 0.25) is 0 Å². The van der Waals surface area contributed by atoms with E-state index in [0.717, 1.165) is 30.3 Å². The van der Waals surface area contributed by atoms with E-state index in [4.69, 9.17) is 13.0 Å². The summed E-state index contributed by atoms with van der Waals surface area (Å²) >= 11 is 0. The van der Waals surface area contributed by atoms with E-state index in [2.05, 4.69) is 0 Å². The number of carboxylic acid groups (broad SMARTS) is 1. The molecular weight excluding hydrogens is 199 g/mol. The minimum Gasteiger partial charge on any atom is -0.481 e. The lowest BCUT2D eigenvalue weighted by Crippen LogP contribution is -2.24. The summed E-state index contributed by atoms with van der Waals surface area (Å²) in [5.41, 5.74) is 3.13. The van der Waals surface area contributed by atoms with E-state index in [1.54, 1.807) is 6.92 Å². The zero-order chi connectivity index (χ0) is 11.7. The molecule has 1 aliphatic rings. The summed E-state index contributed by atoms with van der Waals surface area (Å²) in [6.07, 6.45) is 3.06. The quantitative estimate of drug-likeness (QED) is 0.759. The largest absolute Gasteiger partial charge is 0.481 e. The molecule has 2 nitrogen and oxygen atoms in total. The van der Waals surface area contributed by atoms with Crippen molar-refractivity contribution in [2.45, 2.75) is 32.1 Å². The van der Waals surface area contributed by atoms with Crippen LogP contribution in [0.25, 0.3) is 0 Å². The van der Waals surface area contributed by atoms with Crippen molar-refractivity contribution >= 4 is 19.3 Å². The molecule has 0 saturated carbocycles. The molecule has 0 amide bonds. The van der Waals surface area contributed by atoms with Gasteiger partial charge in [0, 0.05) is 0 Å². The van der Waals surface area contributed by atoms with Crippen LogP contribution in [0.3, 0.4) is 0 Å². The van der Waals surface area contributed by atoms with Crippen LogP contribution in [0, 0.1) is 5.92 Å². The van der Waals surface area contributed by atoms with E-state index in [-0.39, 0.29) is 11.8 Å². The van der Waals surface area contributed by atoms with Gasteiger partial charge in [-0.2, -0.15) is 0 Å². The molecule has 1 N–H and O–H groups in total. The first-order valence-corrected chi connectivity index (χ1v) is 5.70. The third kappa shape index (κ3) is 1.99. The molecule has 1 aromatic rings. The molecule has 2 unspecified atom stereocenters. The van der Waals surface area contributed by atoms with Crippen LogP contribution in [-0.4, -0.2) is 18.9 Å². The standard InChI is InChI=1S/C13H15BO2/c1-8(13(15)16)11-4-2-3-9-5-6-10(14)7-12(9)11/h5-8,11H,2-4H2,1H3,(H,15,16). The highest BCUT2D eigenvalue weighted by Gasteiger charge is 2.29. The maximum atomic E-state index is 11.1. The van der Waals surface area contributed by atoms with Crippen LogP contribution < -0.4 is 5.46 Å². The predicted molar refractivity (Wildman–Crippen MR) is 64.3 cm³/mol. The van der Waals surface area contributed by atoms with Crippen molar-refractivity contribution in [3.05, 3.63) is 29.3 Å². The molecule has 2 radical (unpaired) electrons. The molecule has 1 aliphatic carbocycles. The van der Waals surface area contributed by atoms with Crippen molar-refractivity contribution in [3.8, 4) is 0 Å². The van der Waals surface area contributed by atoms with Crippen LogP contribution in [-0.2, 0) is 11.2 Å². The van der Waals surface area contributed by atoms with Crippen LogP contribution >= 0.6 is 0 Å². The number of rotatable bonds is 2. The Morgan fingerprint density at radius 2 is 2.31 bits per heavy atom. The average Bonchev–Trinajstić information content (AvgIpc) is 2.27. The molecule has 2 rings (SSSR count). The first-order chi connectivity index (χ1) is 7.59. The Hall–Kier alpha value is -1.25. The Morgan fingerprint density at radius 1 is 1.56 bits per heavy atom. The maximum Gasteiger partial charge on any atom is 0.306 e. The maximum absolute atomic E-state index is 11.1. The lowest BCUT2D eigenvalue weighted by Gasteiger charge is -2.28. The van der Waals surface area contributed by atoms with Crippen molar-refractivity contribution < 1.29 is 9.90 Å². The third-order valence-electron chi connectivity index (χ3n) is 3.52. The van der Waals surface area contributed by atoms with Gasteiger partial charge in [-0.25, -0.2) is 0 Å². The number of aliphatic carboxylic acids is 1. The Labute approximate surface area is 97.1 Å². The Morgan fingerprint density at radius 3 is 3.00 bits per heavy atom. The van der Waals surface area contributed by atoms with Gasteiger partial charge in [0.1, 0.15) is 7.85 Å². The number of hydrogen-bond donors (Lipinski definition) is 1. The molecule has 3 heteroatoms. The number of carbonyl (C=O) groups is 1. The molecule has 0 bridgehead atoms. The number of hydrogen-bond acceptors (Lipinski definition) is 1. The molecule has 2 atom stereocenters. The average molecular weight is 214 g/mol. The molecule has 1 aromatic carbocycles. The summed E-state index contributed by atoms with van der Waals surface area (Å²) in [5.74, 6) is -0.939. The molecule has 0 fully saturated rings. The van der Waals surface area contributed by atoms with E-state index < -0.39 is 5.97 Å². The van der Waals surface area contributed by atoms with Crippen molar-refractivity contribution in [1.29, 1.82) is 0 Å². The van der Waals surface area contributed by atoms with Gasteiger partial charge < -0.3 is 5.11 Å². The molecule has 0 spiro atoms. The fourth-order valence-electron chi connectivity index (χ4n) is 2.55. The van der Waals surface area contributed by atoms with Gasteiger partial charge >= 0.3 is 5.97 Å². The van der Waals surface area contributed by atoms with E-state index in [1.807, 2.05) is 18.2 Å². The molecular formula is C13H15BO2. The van der Waals surface area contributed by atoms with Gasteiger partial charge in [0.05, 0.1) is 5.92 Å². The minimum atomic E-state index is -0.722. The second kappa shape index (κ2) is 4.32. The second-order valence-electron chi connectivity index (χ2n) is 4.58. The lowest BCUT2D eigenvalue weighted by atomic mass is 9.74. The van der Waals surface area contributed by atoms with Gasteiger partial charge in [-0.3, -0.25) is 4.79 Å². The Bertz CT molecular complexity index is 414. The van der Waals surface area contributed by atoms with Crippen LogP contribution in [0.4, 0.5) is 0 Å². The van der Waals surface area contributed by atoms with Gasteiger partial charge in [0.15, 0.2) is 0 Å². The van der Waals surface area contributed by atoms with E-state index in [9.17, 15) is 4.79 Å². The number of fused-ring (bicyclic) bond motifs is 1. The summed E-state index contributed by atoms with van der Waals surface area (Å²) in [7, 11) is 5.77. The molecule has 0 heterocycles. The van der Waals surface area contributed by atoms with Gasteiger partial charge in [-0.1, -0.05) is 30.6 Å². The van der Waals surface area contributed by atoms with Crippen LogP contribution in [0.1, 0.15) is 36.8 Å². The number of aryl methyl sites for hydroxylation is 1. The van der Waals surface area contributed by atoms with Crippen molar-refractivity contribution in [2.24, 2.45) is 5.92 Å². The van der Waals surface area contributed by atoms with Gasteiger partial charge in [-0.05, 0) is 36.3 Å². The van der Waals surface area contributed by atoms with Gasteiger partial charge in [0.25, 0.3) is 0 Å². The van der Waals surface area contributed by atoms with Crippen LogP contribution in [0.15, 0.2) is 18.2 Å². The number of carboxylic acids is 1. The van der Waals surface area contributed by atoms with E-state index >= 15 is 0 Å². The number of benzene rings is 1. The second-order valence-corrected chi connectivity index (χ2v) is 4.58. The SMILES string of the molecule is [B]c1ccc2c(c1)C(C(C)C(=O)O)CCC2. The fourth-order valence-corrected chi connectivity index (χ4v) is 2.55. The predicted octanol–water partition coefficient (Wildman–Crippen LogP) is 1.62. The summed E-state index contributed by atoms with van der Waals surface area (Å²) in [6.45, 7) is 1.78. The normalized spacial score (nSPS) is 21.2. The van der Waals surface area contributed by atoms with Gasteiger partial charge in [-0.15, -0.1) is 0 Å². The van der Waals surface area contributed by atoms with E-state index in [0.29, 0.717) is 0 Å².